The Bertz CT molecular complexity index is 741. The number of unbranched alkanes of at least 4 members (excludes halogenated alkanes) is 1. The van der Waals surface area contributed by atoms with Crippen molar-refractivity contribution in [2.75, 3.05) is 6.54 Å². The highest BCUT2D eigenvalue weighted by atomic mass is 79.9. The maximum absolute atomic E-state index is 11.5. The Balaban J connectivity index is 1.84. The molecule has 1 aliphatic rings. The van der Waals surface area contributed by atoms with Gasteiger partial charge in [0.15, 0.2) is 0 Å². The van der Waals surface area contributed by atoms with Crippen molar-refractivity contribution >= 4 is 33.2 Å². The van der Waals surface area contributed by atoms with Gasteiger partial charge in [0, 0.05) is 27.2 Å². The zero-order valence-corrected chi connectivity index (χ0v) is 22.1. The third-order valence-corrected chi connectivity index (χ3v) is 8.67. The fourth-order valence-corrected chi connectivity index (χ4v) is 6.24. The molecule has 4 nitrogen and oxygen atoms in total. The van der Waals surface area contributed by atoms with Crippen molar-refractivity contribution < 1.29 is 15.0 Å². The molecule has 1 aromatic heterocycles. The number of allylic oxidation sites excluding steroid dienone is 3. The number of hydrogen-bond acceptors (Lipinski definition) is 4. The lowest BCUT2D eigenvalue weighted by molar-refractivity contribution is -0.121. The first-order valence-corrected chi connectivity index (χ1v) is 13.7. The minimum Gasteiger partial charge on any atom is -0.393 e. The molecule has 0 bridgehead atoms. The van der Waals surface area contributed by atoms with E-state index in [9.17, 15) is 15.0 Å². The maximum Gasteiger partial charge on any atom is 0.219 e. The van der Waals surface area contributed by atoms with Gasteiger partial charge in [-0.15, -0.1) is 11.3 Å². The van der Waals surface area contributed by atoms with Crippen molar-refractivity contribution in [3.8, 4) is 0 Å². The number of nitrogens with one attached hydrogen (secondary N) is 1. The molecule has 180 valence electrons. The van der Waals surface area contributed by atoms with Crippen LogP contribution in [-0.4, -0.2) is 34.9 Å². The molecule has 0 radical (unpaired) electrons. The summed E-state index contributed by atoms with van der Waals surface area (Å²) < 4.78 is 1.15. The summed E-state index contributed by atoms with van der Waals surface area (Å²) in [5, 5.41) is 24.0. The standard InChI is InChI=1S/C26H40BrNO3S/c1-4-19-16-25(30)23(10-8-6-7-9-11-26(31)28-5-2)22(19)15-13-20(29)12-14-21-17-24(27)18(3)32-21/h6,8,13,15,17,19-20,22-23,25,29-30H,4-5,7,9-12,14,16H2,1-3H3,(H,28,31)/t19?,20-,22-,23+,25?/m0/s1. The smallest absolute Gasteiger partial charge is 0.219 e. The first-order valence-electron chi connectivity index (χ1n) is 12.1. The van der Waals surface area contributed by atoms with Crippen LogP contribution in [0.5, 0.6) is 0 Å². The maximum atomic E-state index is 11.5. The molecule has 1 heterocycles. The molecule has 0 aliphatic heterocycles. The molecule has 0 spiro atoms. The summed E-state index contributed by atoms with van der Waals surface area (Å²) in [5.41, 5.74) is 0. The SMILES string of the molecule is CCNC(=O)CCCC=CC[C@H]1C(O)CC(CC)[C@@H]1C=C[C@@H](O)CCc1cc(Br)c(C)s1. The molecule has 5 atom stereocenters. The molecule has 1 fully saturated rings. The highest BCUT2D eigenvalue weighted by Gasteiger charge is 2.39. The van der Waals surface area contributed by atoms with Crippen LogP contribution in [0, 0.1) is 24.7 Å². The Morgan fingerprint density at radius 3 is 2.81 bits per heavy atom. The van der Waals surface area contributed by atoms with E-state index in [1.54, 1.807) is 11.3 Å². The first-order chi connectivity index (χ1) is 15.3. The van der Waals surface area contributed by atoms with E-state index in [4.69, 9.17) is 0 Å². The Kier molecular flexibility index (Phi) is 12.2. The largest absolute Gasteiger partial charge is 0.393 e. The fraction of sp³-hybridized carbons (Fsp3) is 0.654. The van der Waals surface area contributed by atoms with Crippen LogP contribution in [0.15, 0.2) is 34.8 Å². The Hall–Kier alpha value is -0.950. The number of carbonyl (C=O) groups is 1. The molecule has 32 heavy (non-hydrogen) atoms. The molecule has 0 aromatic carbocycles. The lowest BCUT2D eigenvalue weighted by atomic mass is 9.85. The summed E-state index contributed by atoms with van der Waals surface area (Å²) in [6, 6.07) is 2.15. The molecular formula is C26H40BrNO3S. The summed E-state index contributed by atoms with van der Waals surface area (Å²) in [5.74, 6) is 1.06. The van der Waals surface area contributed by atoms with E-state index in [1.807, 2.05) is 13.0 Å². The number of aliphatic hydroxyl groups excluding tert-OH is 2. The van der Waals surface area contributed by atoms with Crippen LogP contribution in [0.25, 0.3) is 0 Å². The van der Waals surface area contributed by atoms with E-state index >= 15 is 0 Å². The second kappa shape index (κ2) is 14.3. The van der Waals surface area contributed by atoms with Gasteiger partial charge in [-0.25, -0.2) is 0 Å². The topological polar surface area (TPSA) is 69.6 Å². The highest BCUT2D eigenvalue weighted by molar-refractivity contribution is 9.10. The quantitative estimate of drug-likeness (QED) is 0.220. The van der Waals surface area contributed by atoms with Crippen LogP contribution < -0.4 is 5.32 Å². The fourth-order valence-electron chi connectivity index (χ4n) is 4.62. The normalized spacial score (nSPS) is 24.6. The minimum atomic E-state index is -0.461. The van der Waals surface area contributed by atoms with Crippen molar-refractivity contribution in [2.45, 2.75) is 84.3 Å². The number of carbonyl (C=O) groups excluding carboxylic acids is 1. The number of hydrogen-bond donors (Lipinski definition) is 3. The average Bonchev–Trinajstić information content (AvgIpc) is 3.25. The highest BCUT2D eigenvalue weighted by Crippen LogP contribution is 2.42. The number of aliphatic hydroxyl groups is 2. The second-order valence-corrected chi connectivity index (χ2v) is 11.1. The lowest BCUT2D eigenvalue weighted by Gasteiger charge is -2.21. The number of amides is 1. The van der Waals surface area contributed by atoms with Gasteiger partial charge >= 0.3 is 0 Å². The van der Waals surface area contributed by atoms with Crippen LogP contribution in [0.2, 0.25) is 0 Å². The van der Waals surface area contributed by atoms with E-state index in [2.05, 4.69) is 59.4 Å². The van der Waals surface area contributed by atoms with Crippen molar-refractivity contribution in [3.63, 3.8) is 0 Å². The number of thiophene rings is 1. The lowest BCUT2D eigenvalue weighted by Crippen LogP contribution is -2.21. The Morgan fingerprint density at radius 2 is 2.16 bits per heavy atom. The van der Waals surface area contributed by atoms with Crippen molar-refractivity contribution in [2.24, 2.45) is 17.8 Å². The molecule has 2 unspecified atom stereocenters. The predicted octanol–water partition coefficient (Wildman–Crippen LogP) is 5.94. The molecule has 0 saturated heterocycles. The summed E-state index contributed by atoms with van der Waals surface area (Å²) in [6.45, 7) is 6.90. The molecule has 1 aliphatic carbocycles. The van der Waals surface area contributed by atoms with Gasteiger partial charge in [-0.05, 0) is 92.1 Å². The van der Waals surface area contributed by atoms with Gasteiger partial charge in [-0.3, -0.25) is 4.79 Å². The number of aryl methyl sites for hydroxylation is 2. The van der Waals surface area contributed by atoms with Crippen LogP contribution in [-0.2, 0) is 11.2 Å². The summed E-state index contributed by atoms with van der Waals surface area (Å²) in [7, 11) is 0. The average molecular weight is 527 g/mol. The van der Waals surface area contributed by atoms with Crippen LogP contribution >= 0.6 is 27.3 Å². The molecule has 6 heteroatoms. The molecule has 1 saturated carbocycles. The van der Waals surface area contributed by atoms with Crippen LogP contribution in [0.3, 0.4) is 0 Å². The predicted molar refractivity (Wildman–Crippen MR) is 138 cm³/mol. The number of rotatable bonds is 13. The van der Waals surface area contributed by atoms with E-state index in [0.29, 0.717) is 31.2 Å². The van der Waals surface area contributed by atoms with Gasteiger partial charge < -0.3 is 15.5 Å². The minimum absolute atomic E-state index is 0.114. The van der Waals surface area contributed by atoms with Crippen LogP contribution in [0.1, 0.15) is 68.5 Å². The van der Waals surface area contributed by atoms with Crippen molar-refractivity contribution in [1.82, 2.24) is 5.32 Å². The van der Waals surface area contributed by atoms with Gasteiger partial charge in [0.25, 0.3) is 0 Å². The van der Waals surface area contributed by atoms with Gasteiger partial charge in [0.1, 0.15) is 0 Å². The summed E-state index contributed by atoms with van der Waals surface area (Å²) in [4.78, 5) is 14.1. The molecular weight excluding hydrogens is 486 g/mol. The summed E-state index contributed by atoms with van der Waals surface area (Å²) in [6.07, 6.45) is 14.3. The number of halogens is 1. The molecule has 1 amide bonds. The third-order valence-electron chi connectivity index (χ3n) is 6.48. The summed E-state index contributed by atoms with van der Waals surface area (Å²) >= 11 is 5.34. The second-order valence-electron chi connectivity index (χ2n) is 8.87. The van der Waals surface area contributed by atoms with Crippen molar-refractivity contribution in [3.05, 3.63) is 44.6 Å². The molecule has 3 N–H and O–H groups in total. The van der Waals surface area contributed by atoms with E-state index in [0.717, 1.165) is 43.0 Å². The monoisotopic (exact) mass is 525 g/mol. The Labute approximate surface area is 206 Å². The van der Waals surface area contributed by atoms with Crippen LogP contribution in [0.4, 0.5) is 0 Å². The van der Waals surface area contributed by atoms with E-state index in [1.165, 1.54) is 9.75 Å². The Morgan fingerprint density at radius 1 is 1.38 bits per heavy atom. The van der Waals surface area contributed by atoms with Crippen molar-refractivity contribution in [1.29, 1.82) is 0 Å². The van der Waals surface area contributed by atoms with Gasteiger partial charge in [-0.1, -0.05) is 37.6 Å². The van der Waals surface area contributed by atoms with Gasteiger partial charge in [-0.2, -0.15) is 0 Å². The zero-order chi connectivity index (χ0) is 23.5. The van der Waals surface area contributed by atoms with E-state index < -0.39 is 6.10 Å². The third kappa shape index (κ3) is 8.77. The molecule has 1 aromatic rings. The molecule has 2 rings (SSSR count). The van der Waals surface area contributed by atoms with Gasteiger partial charge in [0.2, 0.25) is 5.91 Å². The van der Waals surface area contributed by atoms with Gasteiger partial charge in [0.05, 0.1) is 12.2 Å². The zero-order valence-electron chi connectivity index (χ0n) is 19.7. The van der Waals surface area contributed by atoms with E-state index in [-0.39, 0.29) is 17.9 Å². The first kappa shape index (κ1) is 27.3.